The number of hydrogen-bond donors (Lipinski definition) is 8. The monoisotopic (exact) mass is 1060 g/mol. The normalized spacial score (nSPS) is 28.5. The molecule has 0 aromatic heterocycles. The van der Waals surface area contributed by atoms with E-state index in [0.29, 0.717) is 56.9 Å². The summed E-state index contributed by atoms with van der Waals surface area (Å²) in [5.74, 6) is -4.98. The van der Waals surface area contributed by atoms with Crippen molar-refractivity contribution in [1.82, 2.24) is 0 Å². The van der Waals surface area contributed by atoms with Gasteiger partial charge in [-0.05, 0) is 95.5 Å². The molecule has 2 aliphatic rings. The third-order valence-corrected chi connectivity index (χ3v) is 16.2. The predicted octanol–water partition coefficient (Wildman–Crippen LogP) is 7.22. The summed E-state index contributed by atoms with van der Waals surface area (Å²) in [6.45, 7) is 20.5. The largest absolute Gasteiger partial charge is 0.478 e. The van der Waals surface area contributed by atoms with Crippen molar-refractivity contribution in [1.29, 1.82) is 0 Å². The van der Waals surface area contributed by atoms with E-state index >= 15 is 0 Å². The zero-order valence-electron chi connectivity index (χ0n) is 47.5. The van der Waals surface area contributed by atoms with Gasteiger partial charge in [0.2, 0.25) is 0 Å². The van der Waals surface area contributed by atoms with Gasteiger partial charge in [0.05, 0.1) is 42.7 Å². The summed E-state index contributed by atoms with van der Waals surface area (Å²) in [4.78, 5) is 36.4. The zero-order valence-corrected chi connectivity index (χ0v) is 47.5. The van der Waals surface area contributed by atoms with E-state index in [1.54, 1.807) is 67.3 Å². The summed E-state index contributed by atoms with van der Waals surface area (Å²) in [5, 5.41) is 86.2. The Morgan fingerprint density at radius 2 is 1.37 bits per heavy atom. The Morgan fingerprint density at radius 3 is 1.97 bits per heavy atom. The van der Waals surface area contributed by atoms with Crippen LogP contribution in [0.25, 0.3) is 0 Å². The average molecular weight is 1060 g/mol. The molecular weight excluding hydrogens is 965 g/mol. The highest BCUT2D eigenvalue weighted by Crippen LogP contribution is 2.39. The molecule has 2 rings (SSSR count). The van der Waals surface area contributed by atoms with Crippen molar-refractivity contribution in [3.63, 3.8) is 0 Å². The number of aliphatic carboxylic acids is 1. The Morgan fingerprint density at radius 1 is 0.747 bits per heavy atom. The van der Waals surface area contributed by atoms with Crippen LogP contribution in [0.1, 0.15) is 134 Å². The van der Waals surface area contributed by atoms with E-state index in [1.165, 1.54) is 6.08 Å². The van der Waals surface area contributed by atoms with Crippen LogP contribution in [0.15, 0.2) is 71.9 Å². The molecule has 75 heavy (non-hydrogen) atoms. The predicted molar refractivity (Wildman–Crippen MR) is 289 cm³/mol. The topological polar surface area (TPSA) is 259 Å². The summed E-state index contributed by atoms with van der Waals surface area (Å²) in [6, 6.07) is 0. The van der Waals surface area contributed by atoms with Crippen LogP contribution in [0.5, 0.6) is 0 Å². The molecular formula is C59H98O16. The molecule has 21 atom stereocenters. The van der Waals surface area contributed by atoms with E-state index in [1.807, 2.05) is 78.8 Å². The number of cyclic esters (lactones) is 2. The van der Waals surface area contributed by atoms with E-state index in [-0.39, 0.29) is 66.2 Å². The Bertz CT molecular complexity index is 1910. The highest BCUT2D eigenvalue weighted by atomic mass is 16.6. The van der Waals surface area contributed by atoms with Gasteiger partial charge in [-0.25, -0.2) is 14.4 Å². The first kappa shape index (κ1) is 67.6. The van der Waals surface area contributed by atoms with Crippen molar-refractivity contribution in [3.8, 4) is 0 Å². The second-order valence-corrected chi connectivity index (χ2v) is 22.4. The Kier molecular flexibility index (Phi) is 29.7. The van der Waals surface area contributed by atoms with Crippen molar-refractivity contribution in [2.75, 3.05) is 21.3 Å². The van der Waals surface area contributed by atoms with Crippen LogP contribution >= 0.6 is 0 Å². The molecule has 430 valence electrons. The number of methoxy groups -OCH3 is 3. The molecule has 2 saturated heterocycles. The van der Waals surface area contributed by atoms with Gasteiger partial charge in [-0.2, -0.15) is 0 Å². The van der Waals surface area contributed by atoms with E-state index in [4.69, 9.17) is 28.8 Å². The maximum Gasteiger partial charge on any atom is 0.338 e. The van der Waals surface area contributed by atoms with Gasteiger partial charge in [-0.15, -0.1) is 0 Å². The van der Waals surface area contributed by atoms with Crippen LogP contribution in [-0.2, 0) is 38.1 Å². The second kappa shape index (κ2) is 33.0. The van der Waals surface area contributed by atoms with Gasteiger partial charge in [0, 0.05) is 69.3 Å². The molecule has 2 aliphatic heterocycles. The van der Waals surface area contributed by atoms with Crippen LogP contribution in [0, 0.1) is 53.3 Å². The summed E-state index contributed by atoms with van der Waals surface area (Å²) in [6.07, 6.45) is 13.0. The van der Waals surface area contributed by atoms with E-state index in [0.717, 1.165) is 11.6 Å². The molecule has 0 radical (unpaired) electrons. The van der Waals surface area contributed by atoms with Crippen molar-refractivity contribution in [2.45, 2.75) is 207 Å². The molecule has 2 fully saturated rings. The van der Waals surface area contributed by atoms with Gasteiger partial charge in [-0.1, -0.05) is 116 Å². The lowest BCUT2D eigenvalue weighted by Gasteiger charge is -2.44. The molecule has 16 heteroatoms. The van der Waals surface area contributed by atoms with Crippen molar-refractivity contribution < 1.29 is 78.9 Å². The SMILES string of the molecule is COC(CCC(C)C1(O)CC(C(C)C=C(C)C=C(C)C(O)C(C)C(O)C(C)C(OC)C(C)C=CC=CC=CC(=O)O)OC(=O)C1O)CC(CC(O)C(C)CC=CC(C)C1CC(C(C)CCC(C)O)C(O)C(=O)O1)OC. The number of carbonyl (C=O) groups is 3. The lowest BCUT2D eigenvalue weighted by Crippen LogP contribution is -2.59. The third-order valence-electron chi connectivity index (χ3n) is 16.2. The molecule has 0 aromatic carbocycles. The number of allylic oxidation sites excluding steroid dienone is 7. The summed E-state index contributed by atoms with van der Waals surface area (Å²) in [7, 11) is 4.75. The maximum absolute atomic E-state index is 13.1. The van der Waals surface area contributed by atoms with Gasteiger partial charge in [0.15, 0.2) is 12.2 Å². The first-order valence-corrected chi connectivity index (χ1v) is 27.2. The second-order valence-electron chi connectivity index (χ2n) is 22.4. The molecule has 2 heterocycles. The molecule has 0 aliphatic carbocycles. The summed E-state index contributed by atoms with van der Waals surface area (Å²) >= 11 is 0. The quantitative estimate of drug-likeness (QED) is 0.0140. The Balaban J connectivity index is 2.02. The van der Waals surface area contributed by atoms with Gasteiger partial charge in [0.25, 0.3) is 0 Å². The number of hydrogen-bond acceptors (Lipinski definition) is 15. The fourth-order valence-electron chi connectivity index (χ4n) is 10.8. The smallest absolute Gasteiger partial charge is 0.338 e. The lowest BCUT2D eigenvalue weighted by molar-refractivity contribution is -0.212. The fraction of sp³-hybridized carbons (Fsp3) is 0.746. The number of rotatable bonds is 33. The molecule has 16 nitrogen and oxygen atoms in total. The first-order chi connectivity index (χ1) is 35.1. The number of carboxylic acids is 1. The number of aliphatic hydroxyl groups excluding tert-OH is 6. The minimum Gasteiger partial charge on any atom is -0.478 e. The van der Waals surface area contributed by atoms with Gasteiger partial charge < -0.3 is 64.5 Å². The molecule has 0 aromatic rings. The molecule has 0 spiro atoms. The number of carboxylic acid groups (broad SMARTS) is 1. The molecule has 0 saturated carbocycles. The molecule has 0 bridgehead atoms. The number of aliphatic hydroxyl groups is 7. The van der Waals surface area contributed by atoms with Crippen LogP contribution in [0.4, 0.5) is 0 Å². The van der Waals surface area contributed by atoms with Crippen LogP contribution in [0.3, 0.4) is 0 Å². The Hall–Kier alpha value is -3.55. The maximum atomic E-state index is 13.1. The zero-order chi connectivity index (χ0) is 56.9. The van der Waals surface area contributed by atoms with Crippen LogP contribution < -0.4 is 0 Å². The number of ether oxygens (including phenoxy) is 5. The van der Waals surface area contributed by atoms with Gasteiger partial charge in [-0.3, -0.25) is 0 Å². The fourth-order valence-corrected chi connectivity index (χ4v) is 10.8. The summed E-state index contributed by atoms with van der Waals surface area (Å²) < 4.78 is 28.7. The van der Waals surface area contributed by atoms with Crippen LogP contribution in [0.2, 0.25) is 0 Å². The van der Waals surface area contributed by atoms with Gasteiger partial charge >= 0.3 is 17.9 Å². The van der Waals surface area contributed by atoms with E-state index in [9.17, 15) is 50.1 Å². The summed E-state index contributed by atoms with van der Waals surface area (Å²) in [5.41, 5.74) is -0.413. The standard InChI is InChI=1S/C59H98O16/c1-34(29-40(7)52(64)43(10)53(65)44(11)55(73-14)38(5)20-17-15-16-18-23-51(62)63)28-39(6)50-33-59(70,56(67)58(69)75-50)41(8)25-27-45(71-12)30-46(72-13)31-48(61)36(3)21-19-22-37(4)49-32-47(54(66)57(68)74-49)35(2)24-26-42(9)60/h15-20,22-23,28-29,35-39,41-50,52-56,60-61,64-67,70H,21,24-27,30-33H2,1-14H3,(H,62,63). The number of esters is 2. The van der Waals surface area contributed by atoms with Crippen molar-refractivity contribution in [2.24, 2.45) is 53.3 Å². The molecule has 21 unspecified atom stereocenters. The van der Waals surface area contributed by atoms with Crippen molar-refractivity contribution >= 4 is 17.9 Å². The Labute approximate surface area is 448 Å². The van der Waals surface area contributed by atoms with E-state index < -0.39 is 84.2 Å². The van der Waals surface area contributed by atoms with Crippen molar-refractivity contribution in [3.05, 3.63) is 71.9 Å². The number of carbonyl (C=O) groups excluding carboxylic acids is 2. The highest BCUT2D eigenvalue weighted by molar-refractivity contribution is 5.80. The minimum absolute atomic E-state index is 0.0140. The highest BCUT2D eigenvalue weighted by Gasteiger charge is 2.52. The molecule has 0 amide bonds. The minimum atomic E-state index is -1.79. The van der Waals surface area contributed by atoms with E-state index in [2.05, 4.69) is 0 Å². The molecule has 8 N–H and O–H groups in total. The first-order valence-electron chi connectivity index (χ1n) is 27.2. The average Bonchev–Trinajstić information content (AvgIpc) is 3.36. The third kappa shape index (κ3) is 21.3. The van der Waals surface area contributed by atoms with Gasteiger partial charge in [0.1, 0.15) is 17.8 Å². The lowest BCUT2D eigenvalue weighted by atomic mass is 9.73. The van der Waals surface area contributed by atoms with Crippen LogP contribution in [-0.4, -0.2) is 153 Å².